The normalized spacial score (nSPS) is 14.6. The van der Waals surface area contributed by atoms with Crippen molar-refractivity contribution in [2.24, 2.45) is 0 Å². The second kappa shape index (κ2) is 9.11. The number of hydrogen-bond donors (Lipinski definition) is 1. The van der Waals surface area contributed by atoms with Gasteiger partial charge in [-0.05, 0) is 36.6 Å². The summed E-state index contributed by atoms with van der Waals surface area (Å²) >= 11 is 12.4. The molecule has 7 heteroatoms. The highest BCUT2D eigenvalue weighted by Crippen LogP contribution is 2.24. The van der Waals surface area contributed by atoms with E-state index in [-0.39, 0.29) is 17.5 Å². The number of hydrogen-bond acceptors (Lipinski definition) is 2. The fourth-order valence-corrected chi connectivity index (χ4v) is 4.43. The van der Waals surface area contributed by atoms with Gasteiger partial charge in [0.25, 0.3) is 11.5 Å². The first kappa shape index (κ1) is 20.8. The van der Waals surface area contributed by atoms with Gasteiger partial charge in [0, 0.05) is 17.3 Å². The lowest BCUT2D eigenvalue weighted by Gasteiger charge is -2.22. The van der Waals surface area contributed by atoms with Gasteiger partial charge in [-0.15, -0.1) is 0 Å². The Morgan fingerprint density at radius 1 is 1.03 bits per heavy atom. The van der Waals surface area contributed by atoms with E-state index in [1.54, 1.807) is 29.1 Å². The fraction of sp³-hybridized carbons (Fsp3) is 0.304. The van der Waals surface area contributed by atoms with E-state index in [2.05, 4.69) is 5.32 Å². The molecule has 2 aromatic carbocycles. The summed E-state index contributed by atoms with van der Waals surface area (Å²) in [6.45, 7) is 0.422. The molecule has 0 aliphatic heterocycles. The quantitative estimate of drug-likeness (QED) is 0.599. The number of carbonyl (C=O) groups is 1. The topological polar surface area (TPSA) is 56.0 Å². The molecule has 156 valence electrons. The van der Waals surface area contributed by atoms with Gasteiger partial charge in [0.2, 0.25) is 0 Å². The van der Waals surface area contributed by atoms with Crippen molar-refractivity contribution in [2.75, 3.05) is 0 Å². The van der Waals surface area contributed by atoms with Crippen LogP contribution in [-0.4, -0.2) is 21.3 Å². The number of benzene rings is 2. The van der Waals surface area contributed by atoms with Crippen molar-refractivity contribution in [3.63, 3.8) is 0 Å². The summed E-state index contributed by atoms with van der Waals surface area (Å²) in [7, 11) is 0. The summed E-state index contributed by atoms with van der Waals surface area (Å²) in [6, 6.07) is 14.8. The number of carbonyl (C=O) groups excluding carboxylic acids is 1. The van der Waals surface area contributed by atoms with Crippen LogP contribution < -0.4 is 10.9 Å². The van der Waals surface area contributed by atoms with Crippen LogP contribution in [0.1, 0.15) is 48.0 Å². The van der Waals surface area contributed by atoms with E-state index in [1.165, 1.54) is 11.1 Å². The van der Waals surface area contributed by atoms with Crippen molar-refractivity contribution in [2.45, 2.75) is 44.7 Å². The summed E-state index contributed by atoms with van der Waals surface area (Å²) in [6.07, 6.45) is 6.91. The average molecular weight is 444 g/mol. The SMILES string of the molecule is O=C(NC1CCCCC1)c1cn(Cc2ccccc2)n(-c2ccc(Cl)cc2Cl)c1=O. The van der Waals surface area contributed by atoms with Crippen molar-refractivity contribution in [1.29, 1.82) is 0 Å². The Bertz CT molecular complexity index is 1100. The highest BCUT2D eigenvalue weighted by Gasteiger charge is 2.23. The van der Waals surface area contributed by atoms with Gasteiger partial charge in [-0.2, -0.15) is 0 Å². The van der Waals surface area contributed by atoms with Crippen molar-refractivity contribution in [1.82, 2.24) is 14.7 Å². The molecule has 1 aliphatic rings. The van der Waals surface area contributed by atoms with Gasteiger partial charge in [-0.25, -0.2) is 4.68 Å². The molecule has 5 nitrogen and oxygen atoms in total. The first-order valence-electron chi connectivity index (χ1n) is 10.2. The maximum atomic E-state index is 13.3. The molecule has 1 saturated carbocycles. The van der Waals surface area contributed by atoms with Gasteiger partial charge in [0.15, 0.2) is 0 Å². The molecule has 1 aromatic heterocycles. The molecular weight excluding hydrogens is 421 g/mol. The standard InChI is InChI=1S/C23H23Cl2N3O2/c24-17-11-12-21(20(25)13-17)28-23(30)19(22(29)26-18-9-5-2-6-10-18)15-27(28)14-16-7-3-1-4-8-16/h1,3-4,7-8,11-13,15,18H,2,5-6,9-10,14H2,(H,26,29). The Morgan fingerprint density at radius 3 is 2.47 bits per heavy atom. The van der Waals surface area contributed by atoms with E-state index in [0.717, 1.165) is 31.2 Å². The molecule has 1 N–H and O–H groups in total. The molecule has 0 bridgehead atoms. The Morgan fingerprint density at radius 2 is 1.77 bits per heavy atom. The minimum atomic E-state index is -0.400. The minimum absolute atomic E-state index is 0.113. The zero-order chi connectivity index (χ0) is 21.1. The second-order valence-electron chi connectivity index (χ2n) is 7.65. The van der Waals surface area contributed by atoms with Crippen LogP contribution in [0.3, 0.4) is 0 Å². The first-order valence-corrected chi connectivity index (χ1v) is 10.9. The fourth-order valence-electron chi connectivity index (χ4n) is 3.95. The average Bonchev–Trinajstić information content (AvgIpc) is 3.05. The number of amides is 1. The highest BCUT2D eigenvalue weighted by molar-refractivity contribution is 6.35. The van der Waals surface area contributed by atoms with E-state index < -0.39 is 5.56 Å². The molecule has 0 unspecified atom stereocenters. The third-order valence-electron chi connectivity index (χ3n) is 5.47. The second-order valence-corrected chi connectivity index (χ2v) is 8.49. The summed E-state index contributed by atoms with van der Waals surface area (Å²) < 4.78 is 3.17. The van der Waals surface area contributed by atoms with Crippen LogP contribution in [0.2, 0.25) is 10.0 Å². The Kier molecular flexibility index (Phi) is 6.30. The van der Waals surface area contributed by atoms with Crippen molar-refractivity contribution >= 4 is 29.1 Å². The predicted octanol–water partition coefficient (Wildman–Crippen LogP) is 5.06. The lowest BCUT2D eigenvalue weighted by atomic mass is 9.95. The van der Waals surface area contributed by atoms with Gasteiger partial charge >= 0.3 is 0 Å². The maximum absolute atomic E-state index is 13.3. The Balaban J connectivity index is 1.74. The van der Waals surface area contributed by atoms with Gasteiger partial charge < -0.3 is 5.32 Å². The highest BCUT2D eigenvalue weighted by atomic mass is 35.5. The van der Waals surface area contributed by atoms with E-state index in [1.807, 2.05) is 30.3 Å². The van der Waals surface area contributed by atoms with Crippen molar-refractivity contribution in [3.8, 4) is 5.69 Å². The van der Waals surface area contributed by atoms with Crippen LogP contribution in [0, 0.1) is 0 Å². The molecule has 0 spiro atoms. The summed E-state index contributed by atoms with van der Waals surface area (Å²) in [5.41, 5.74) is 1.20. The van der Waals surface area contributed by atoms with Gasteiger partial charge in [0.1, 0.15) is 5.56 Å². The number of aromatic nitrogens is 2. The molecule has 1 heterocycles. The Labute approximate surface area is 185 Å². The van der Waals surface area contributed by atoms with Crippen molar-refractivity contribution < 1.29 is 4.79 Å². The van der Waals surface area contributed by atoms with E-state index in [4.69, 9.17) is 23.2 Å². The van der Waals surface area contributed by atoms with Crippen LogP contribution in [0.5, 0.6) is 0 Å². The third kappa shape index (κ3) is 4.47. The van der Waals surface area contributed by atoms with Gasteiger partial charge in [0.05, 0.1) is 17.3 Å². The summed E-state index contributed by atoms with van der Waals surface area (Å²) in [4.78, 5) is 26.2. The Hall–Kier alpha value is -2.50. The first-order chi connectivity index (χ1) is 14.5. The maximum Gasteiger partial charge on any atom is 0.284 e. The summed E-state index contributed by atoms with van der Waals surface area (Å²) in [5, 5.41) is 3.86. The summed E-state index contributed by atoms with van der Waals surface area (Å²) in [5.74, 6) is -0.336. The van der Waals surface area contributed by atoms with Crippen LogP contribution >= 0.6 is 23.2 Å². The monoisotopic (exact) mass is 443 g/mol. The molecule has 1 amide bonds. The number of halogens is 2. The van der Waals surface area contributed by atoms with Crippen molar-refractivity contribution in [3.05, 3.63) is 86.3 Å². The largest absolute Gasteiger partial charge is 0.349 e. The lowest BCUT2D eigenvalue weighted by molar-refractivity contribution is 0.0926. The molecule has 0 atom stereocenters. The zero-order valence-corrected chi connectivity index (χ0v) is 18.0. The number of nitrogens with one attached hydrogen (secondary N) is 1. The molecule has 1 fully saturated rings. The lowest BCUT2D eigenvalue weighted by Crippen LogP contribution is -2.38. The van der Waals surface area contributed by atoms with Gasteiger partial charge in [-0.3, -0.25) is 14.3 Å². The van der Waals surface area contributed by atoms with Crippen LogP contribution in [-0.2, 0) is 6.54 Å². The number of nitrogens with zero attached hydrogens (tertiary/aromatic N) is 2. The minimum Gasteiger partial charge on any atom is -0.349 e. The molecule has 30 heavy (non-hydrogen) atoms. The van der Waals surface area contributed by atoms with E-state index >= 15 is 0 Å². The van der Waals surface area contributed by atoms with Crippen LogP contribution in [0.15, 0.2) is 59.5 Å². The van der Waals surface area contributed by atoms with E-state index in [9.17, 15) is 9.59 Å². The predicted molar refractivity (Wildman–Crippen MR) is 120 cm³/mol. The van der Waals surface area contributed by atoms with Crippen LogP contribution in [0.25, 0.3) is 5.69 Å². The molecular formula is C23H23Cl2N3O2. The molecule has 1 aliphatic carbocycles. The number of rotatable bonds is 5. The van der Waals surface area contributed by atoms with Crippen LogP contribution in [0.4, 0.5) is 0 Å². The molecule has 0 saturated heterocycles. The van der Waals surface area contributed by atoms with E-state index in [0.29, 0.717) is 22.3 Å². The van der Waals surface area contributed by atoms with Gasteiger partial charge in [-0.1, -0.05) is 72.8 Å². The third-order valence-corrected chi connectivity index (χ3v) is 6.01. The molecule has 4 rings (SSSR count). The molecule has 3 aromatic rings. The smallest absolute Gasteiger partial charge is 0.284 e. The molecule has 0 radical (unpaired) electrons. The zero-order valence-electron chi connectivity index (χ0n) is 16.5.